The molecule has 0 aliphatic carbocycles. The first-order valence-corrected chi connectivity index (χ1v) is 13.0. The van der Waals surface area contributed by atoms with Crippen LogP contribution in [0.25, 0.3) is 6.08 Å². The van der Waals surface area contributed by atoms with Gasteiger partial charge in [0.15, 0.2) is 11.3 Å². The Bertz CT molecular complexity index is 1420. The zero-order valence-electron chi connectivity index (χ0n) is 22.0. The molecule has 10 heteroatoms. The van der Waals surface area contributed by atoms with E-state index in [1.54, 1.807) is 0 Å². The minimum Gasteiger partial charge on any atom is -0.369 e. The van der Waals surface area contributed by atoms with Gasteiger partial charge in [0.1, 0.15) is 0 Å². The van der Waals surface area contributed by atoms with Crippen molar-refractivity contribution in [3.63, 3.8) is 0 Å². The summed E-state index contributed by atoms with van der Waals surface area (Å²) in [5.74, 6) is 0.211. The molecule has 5 rings (SSSR count). The molecule has 198 valence electrons. The third-order valence-corrected chi connectivity index (χ3v) is 6.82. The summed E-state index contributed by atoms with van der Waals surface area (Å²) in [4.78, 5) is 34.4. The molecular weight excluding hydrogens is 480 g/mol. The summed E-state index contributed by atoms with van der Waals surface area (Å²) in [7, 11) is 2.13. The molecule has 3 aromatic rings. The van der Waals surface area contributed by atoms with Crippen LogP contribution in [-0.2, 0) is 0 Å². The third kappa shape index (κ3) is 5.86. The van der Waals surface area contributed by atoms with Crippen LogP contribution in [0.4, 0.5) is 22.0 Å². The summed E-state index contributed by atoms with van der Waals surface area (Å²) in [6, 6.07) is 15.2. The zero-order valence-corrected chi connectivity index (χ0v) is 22.0. The van der Waals surface area contributed by atoms with Crippen LogP contribution in [0.2, 0.25) is 0 Å². The smallest absolute Gasteiger partial charge is 0.319 e. The molecule has 0 spiro atoms. The molecule has 1 saturated heterocycles. The van der Waals surface area contributed by atoms with Crippen molar-refractivity contribution in [2.24, 2.45) is 4.99 Å². The number of fused-ring (bicyclic) bond motifs is 1. The number of H-pyrrole nitrogens is 1. The molecule has 1 aromatic heterocycles. The second-order valence-corrected chi connectivity index (χ2v) is 10.1. The lowest BCUT2D eigenvalue weighted by molar-refractivity contribution is 0.102. The van der Waals surface area contributed by atoms with E-state index >= 15 is 0 Å². The molecule has 10 nitrogen and oxygen atoms in total. The number of benzene rings is 2. The van der Waals surface area contributed by atoms with E-state index in [9.17, 15) is 9.59 Å². The van der Waals surface area contributed by atoms with Crippen LogP contribution in [0.3, 0.4) is 0 Å². The summed E-state index contributed by atoms with van der Waals surface area (Å²) in [5.41, 5.74) is 4.07. The Labute approximate surface area is 221 Å². The van der Waals surface area contributed by atoms with Gasteiger partial charge in [0.05, 0.1) is 11.8 Å². The number of piperazine rings is 1. The summed E-state index contributed by atoms with van der Waals surface area (Å²) in [6.07, 6.45) is 2.06. The van der Waals surface area contributed by atoms with Gasteiger partial charge in [0.25, 0.3) is 5.91 Å². The zero-order chi connectivity index (χ0) is 26.6. The molecule has 3 heterocycles. The average molecular weight is 515 g/mol. The van der Waals surface area contributed by atoms with Crippen LogP contribution < -0.4 is 31.6 Å². The Balaban J connectivity index is 1.29. The highest BCUT2D eigenvalue weighted by Gasteiger charge is 2.18. The van der Waals surface area contributed by atoms with Gasteiger partial charge in [-0.3, -0.25) is 14.9 Å². The first kappa shape index (κ1) is 25.5. The highest BCUT2D eigenvalue weighted by Crippen LogP contribution is 2.23. The second kappa shape index (κ2) is 11.1. The van der Waals surface area contributed by atoms with Crippen LogP contribution in [0, 0.1) is 0 Å². The topological polar surface area (TPSA) is 118 Å². The van der Waals surface area contributed by atoms with Crippen molar-refractivity contribution < 1.29 is 9.59 Å². The van der Waals surface area contributed by atoms with E-state index in [0.717, 1.165) is 42.6 Å². The van der Waals surface area contributed by atoms with E-state index in [-0.39, 0.29) is 23.9 Å². The van der Waals surface area contributed by atoms with Crippen molar-refractivity contribution in [2.45, 2.75) is 25.8 Å². The highest BCUT2D eigenvalue weighted by atomic mass is 16.2. The monoisotopic (exact) mass is 514 g/mol. The van der Waals surface area contributed by atoms with E-state index in [1.807, 2.05) is 62.4 Å². The van der Waals surface area contributed by atoms with Gasteiger partial charge in [-0.15, -0.1) is 0 Å². The van der Waals surface area contributed by atoms with Gasteiger partial charge in [-0.1, -0.05) is 18.2 Å². The Hall–Kier alpha value is -4.18. The lowest BCUT2D eigenvalue weighted by Crippen LogP contribution is -2.44. The van der Waals surface area contributed by atoms with Crippen LogP contribution in [0.15, 0.2) is 53.5 Å². The molecule has 38 heavy (non-hydrogen) atoms. The number of carbonyl (C=O) groups excluding carboxylic acids is 2. The van der Waals surface area contributed by atoms with E-state index in [1.165, 1.54) is 0 Å². The molecule has 2 aliphatic rings. The quantitative estimate of drug-likeness (QED) is 0.402. The van der Waals surface area contributed by atoms with E-state index in [0.29, 0.717) is 29.1 Å². The molecule has 2 aromatic carbocycles. The number of amides is 3. The summed E-state index contributed by atoms with van der Waals surface area (Å²) >= 11 is 0. The standard InChI is InChI=1S/C28H34N8O2/c1-18(2)30-28(38)31-22-6-4-5-20(15-22)21-16-24-25(29-17-21)33-34-26(24)32-27(37)19-7-9-23(10-8-19)36-13-11-35(3)12-14-36/h4-10,15-16,18,21H,11-14,17H2,1-3H3,(H,29,33)(H2,30,31,38)(H,32,34,37). The lowest BCUT2D eigenvalue weighted by atomic mass is 9.96. The Kier molecular flexibility index (Phi) is 7.41. The normalized spacial score (nSPS) is 17.3. The summed E-state index contributed by atoms with van der Waals surface area (Å²) in [6.45, 7) is 8.39. The molecule has 0 saturated carbocycles. The van der Waals surface area contributed by atoms with Crippen molar-refractivity contribution in [1.82, 2.24) is 20.4 Å². The van der Waals surface area contributed by atoms with Crippen LogP contribution in [0.1, 0.15) is 35.7 Å². The number of aromatic nitrogens is 2. The van der Waals surface area contributed by atoms with Crippen LogP contribution >= 0.6 is 0 Å². The first-order chi connectivity index (χ1) is 18.4. The molecule has 0 bridgehead atoms. The Morgan fingerprint density at radius 1 is 1.03 bits per heavy atom. The molecule has 1 unspecified atom stereocenters. The molecule has 2 aliphatic heterocycles. The maximum Gasteiger partial charge on any atom is 0.319 e. The maximum absolute atomic E-state index is 13.0. The molecule has 4 N–H and O–H groups in total. The fraction of sp³-hybridized carbons (Fsp3) is 0.357. The molecule has 3 amide bonds. The van der Waals surface area contributed by atoms with Gasteiger partial charge in [-0.2, -0.15) is 5.10 Å². The molecule has 1 atom stereocenters. The average Bonchev–Trinajstić information content (AvgIpc) is 3.30. The van der Waals surface area contributed by atoms with Crippen molar-refractivity contribution >= 4 is 35.2 Å². The van der Waals surface area contributed by atoms with E-state index in [2.05, 4.69) is 54.1 Å². The molecule has 0 radical (unpaired) electrons. The van der Waals surface area contributed by atoms with Crippen molar-refractivity contribution in [1.29, 1.82) is 0 Å². The van der Waals surface area contributed by atoms with Crippen molar-refractivity contribution in [2.75, 3.05) is 55.3 Å². The highest BCUT2D eigenvalue weighted by molar-refractivity contribution is 6.04. The van der Waals surface area contributed by atoms with Crippen molar-refractivity contribution in [3.8, 4) is 0 Å². The van der Waals surface area contributed by atoms with E-state index < -0.39 is 0 Å². The molecule has 1 fully saturated rings. The number of rotatable bonds is 6. The number of carbonyl (C=O) groups is 2. The van der Waals surface area contributed by atoms with Crippen LogP contribution in [-0.4, -0.2) is 72.8 Å². The summed E-state index contributed by atoms with van der Waals surface area (Å²) in [5, 5.41) is 16.6. The van der Waals surface area contributed by atoms with Crippen LogP contribution in [0.5, 0.6) is 0 Å². The predicted molar refractivity (Wildman–Crippen MR) is 149 cm³/mol. The minimum absolute atomic E-state index is 0.0199. The number of nitrogens with zero attached hydrogens (tertiary/aromatic N) is 4. The van der Waals surface area contributed by atoms with Gasteiger partial charge < -0.3 is 25.8 Å². The number of aromatic amines is 1. The Morgan fingerprint density at radius 3 is 2.53 bits per heavy atom. The number of urea groups is 1. The van der Waals surface area contributed by atoms with E-state index in [4.69, 9.17) is 0 Å². The van der Waals surface area contributed by atoms with Gasteiger partial charge in [-0.25, -0.2) is 4.79 Å². The lowest BCUT2D eigenvalue weighted by Gasteiger charge is -2.34. The fourth-order valence-corrected chi connectivity index (χ4v) is 4.70. The number of nitrogens with one attached hydrogen (secondary N) is 4. The van der Waals surface area contributed by atoms with Crippen molar-refractivity contribution in [3.05, 3.63) is 70.4 Å². The third-order valence-electron chi connectivity index (χ3n) is 6.82. The first-order valence-electron chi connectivity index (χ1n) is 13.0. The number of anilines is 3. The minimum atomic E-state index is -0.242. The number of likely N-dealkylation sites (N-methyl/N-ethyl adjacent to an activating group) is 1. The van der Waals surface area contributed by atoms with Gasteiger partial charge >= 0.3 is 6.03 Å². The predicted octanol–water partition coefficient (Wildman–Crippen LogP) is 2.14. The van der Waals surface area contributed by atoms with Gasteiger partial charge in [0, 0.05) is 55.1 Å². The largest absolute Gasteiger partial charge is 0.369 e. The summed E-state index contributed by atoms with van der Waals surface area (Å²) < 4.78 is 0. The number of hydrogen-bond acceptors (Lipinski definition) is 6. The molecular formula is C28H34N8O2. The van der Waals surface area contributed by atoms with Gasteiger partial charge in [-0.05, 0) is 62.9 Å². The number of hydrogen-bond donors (Lipinski definition) is 4. The van der Waals surface area contributed by atoms with Gasteiger partial charge in [0.2, 0.25) is 0 Å². The maximum atomic E-state index is 13.0. The fourth-order valence-electron chi connectivity index (χ4n) is 4.70. The Morgan fingerprint density at radius 2 is 1.79 bits per heavy atom. The SMILES string of the molecule is CC(C)NC(=O)Nc1cccc(C2C=c3c(NC(=O)c4ccc(N5CCN(C)CC5)cc4)n[nH]c3=NC2)c1. The second-order valence-electron chi connectivity index (χ2n) is 10.1.